The largest absolute Gasteiger partial charge is 0.250 e. The zero-order valence-corrected chi connectivity index (χ0v) is 7.92. The van der Waals surface area contributed by atoms with E-state index in [9.17, 15) is 0 Å². The minimum Gasteiger partial charge on any atom is -0.250 e. The molecule has 2 rings (SSSR count). The normalized spacial score (nSPS) is 10.5. The molecule has 4 nitrogen and oxygen atoms in total. The summed E-state index contributed by atoms with van der Waals surface area (Å²) in [4.78, 5) is 4.21. The van der Waals surface area contributed by atoms with Gasteiger partial charge in [-0.15, -0.1) is 11.3 Å². The first-order valence-electron chi connectivity index (χ1n) is 4.17. The van der Waals surface area contributed by atoms with Crippen molar-refractivity contribution in [1.29, 1.82) is 0 Å². The summed E-state index contributed by atoms with van der Waals surface area (Å²) in [7, 11) is 0. The van der Waals surface area contributed by atoms with Crippen LogP contribution in [0.25, 0.3) is 0 Å². The molecular formula is C8H10N4S. The Labute approximate surface area is 80.0 Å². The predicted octanol–water partition coefficient (Wildman–Crippen LogP) is 1.44. The summed E-state index contributed by atoms with van der Waals surface area (Å²) in [6, 6.07) is 0. The van der Waals surface area contributed by atoms with Gasteiger partial charge in [-0.05, 0) is 19.3 Å². The molecule has 0 aromatic carbocycles. The Bertz CT molecular complexity index is 293. The van der Waals surface area contributed by atoms with E-state index in [0.29, 0.717) is 0 Å². The molecule has 68 valence electrons. The Morgan fingerprint density at radius 1 is 1.31 bits per heavy atom. The second kappa shape index (κ2) is 4.13. The van der Waals surface area contributed by atoms with Crippen LogP contribution >= 0.6 is 11.3 Å². The molecule has 0 aliphatic heterocycles. The summed E-state index contributed by atoms with van der Waals surface area (Å²) < 4.78 is 0. The molecule has 0 spiro atoms. The molecule has 13 heavy (non-hydrogen) atoms. The van der Waals surface area contributed by atoms with Crippen LogP contribution in [-0.4, -0.2) is 20.4 Å². The highest BCUT2D eigenvalue weighted by Crippen LogP contribution is 2.06. The summed E-state index contributed by atoms with van der Waals surface area (Å²) >= 11 is 1.64. The zero-order valence-electron chi connectivity index (χ0n) is 7.10. The molecule has 0 bridgehead atoms. The lowest BCUT2D eigenvalue weighted by Gasteiger charge is -1.93. The summed E-state index contributed by atoms with van der Waals surface area (Å²) in [5.74, 6) is 0. The highest BCUT2D eigenvalue weighted by molar-refractivity contribution is 7.07. The molecule has 5 heteroatoms. The van der Waals surface area contributed by atoms with E-state index in [-0.39, 0.29) is 0 Å². The van der Waals surface area contributed by atoms with Crippen molar-refractivity contribution < 1.29 is 0 Å². The molecule has 0 radical (unpaired) electrons. The molecular weight excluding hydrogens is 184 g/mol. The van der Waals surface area contributed by atoms with Gasteiger partial charge in [-0.2, -0.15) is 15.4 Å². The smallest absolute Gasteiger partial charge is 0.0824 e. The summed E-state index contributed by atoms with van der Waals surface area (Å²) in [6.07, 6.45) is 4.84. The quantitative estimate of drug-likeness (QED) is 0.801. The minimum absolute atomic E-state index is 0.966. The van der Waals surface area contributed by atoms with E-state index in [4.69, 9.17) is 0 Å². The number of rotatable bonds is 4. The van der Waals surface area contributed by atoms with Crippen LogP contribution in [-0.2, 0) is 12.8 Å². The minimum atomic E-state index is 0.966. The summed E-state index contributed by atoms with van der Waals surface area (Å²) in [6.45, 7) is 0. The number of thiazole rings is 1. The standard InChI is InChI=1S/C8H10N4S/c1(2-7-4-10-12-11-7)3-8-5-13-6-9-8/h4-6H,1-3H2,(H,10,11,12). The predicted molar refractivity (Wildman–Crippen MR) is 50.5 cm³/mol. The highest BCUT2D eigenvalue weighted by atomic mass is 32.1. The third-order valence-electron chi connectivity index (χ3n) is 1.81. The van der Waals surface area contributed by atoms with Crippen LogP contribution in [0.15, 0.2) is 17.1 Å². The Morgan fingerprint density at radius 2 is 2.23 bits per heavy atom. The summed E-state index contributed by atoms with van der Waals surface area (Å²) in [5, 5.41) is 12.4. The molecule has 0 unspecified atom stereocenters. The highest BCUT2D eigenvalue weighted by Gasteiger charge is 1.98. The zero-order chi connectivity index (χ0) is 8.93. The van der Waals surface area contributed by atoms with E-state index in [1.165, 1.54) is 5.69 Å². The van der Waals surface area contributed by atoms with Gasteiger partial charge in [0.1, 0.15) is 0 Å². The van der Waals surface area contributed by atoms with Gasteiger partial charge in [-0.1, -0.05) is 0 Å². The molecule has 2 aromatic heterocycles. The molecule has 0 fully saturated rings. The van der Waals surface area contributed by atoms with Crippen molar-refractivity contribution >= 4 is 11.3 Å². The monoisotopic (exact) mass is 194 g/mol. The van der Waals surface area contributed by atoms with Crippen molar-refractivity contribution in [2.45, 2.75) is 19.3 Å². The molecule has 0 atom stereocenters. The maximum Gasteiger partial charge on any atom is 0.0824 e. The van der Waals surface area contributed by atoms with Crippen molar-refractivity contribution in [1.82, 2.24) is 20.4 Å². The molecule has 0 amide bonds. The van der Waals surface area contributed by atoms with Crippen LogP contribution in [0.4, 0.5) is 0 Å². The van der Waals surface area contributed by atoms with E-state index in [1.807, 2.05) is 5.51 Å². The maximum atomic E-state index is 4.21. The average Bonchev–Trinajstić information content (AvgIpc) is 2.75. The number of nitrogens with zero attached hydrogens (tertiary/aromatic N) is 3. The van der Waals surface area contributed by atoms with Gasteiger partial charge in [0, 0.05) is 5.38 Å². The van der Waals surface area contributed by atoms with Gasteiger partial charge in [0.25, 0.3) is 0 Å². The van der Waals surface area contributed by atoms with E-state index < -0.39 is 0 Å². The number of aromatic nitrogens is 4. The van der Waals surface area contributed by atoms with Crippen LogP contribution in [0, 0.1) is 0 Å². The number of nitrogens with one attached hydrogen (secondary N) is 1. The van der Waals surface area contributed by atoms with E-state index in [0.717, 1.165) is 25.0 Å². The van der Waals surface area contributed by atoms with Crippen molar-refractivity contribution in [3.63, 3.8) is 0 Å². The van der Waals surface area contributed by atoms with Gasteiger partial charge in [-0.3, -0.25) is 0 Å². The van der Waals surface area contributed by atoms with Crippen LogP contribution in [0.2, 0.25) is 0 Å². The van der Waals surface area contributed by atoms with Crippen molar-refractivity contribution in [2.24, 2.45) is 0 Å². The lowest BCUT2D eigenvalue weighted by molar-refractivity contribution is 0.778. The van der Waals surface area contributed by atoms with Crippen LogP contribution in [0.5, 0.6) is 0 Å². The Balaban J connectivity index is 1.76. The lowest BCUT2D eigenvalue weighted by atomic mass is 10.2. The number of aromatic amines is 1. The molecule has 0 saturated carbocycles. The Morgan fingerprint density at radius 3 is 2.92 bits per heavy atom. The van der Waals surface area contributed by atoms with Gasteiger partial charge in [0.15, 0.2) is 0 Å². The number of hydrogen-bond donors (Lipinski definition) is 1. The summed E-state index contributed by atoms with van der Waals surface area (Å²) in [5.41, 5.74) is 4.06. The van der Waals surface area contributed by atoms with Crippen molar-refractivity contribution in [2.75, 3.05) is 0 Å². The molecule has 1 N–H and O–H groups in total. The first-order valence-corrected chi connectivity index (χ1v) is 5.11. The Kier molecular flexibility index (Phi) is 2.66. The van der Waals surface area contributed by atoms with Crippen LogP contribution < -0.4 is 0 Å². The number of hydrogen-bond acceptors (Lipinski definition) is 4. The molecule has 2 aromatic rings. The van der Waals surface area contributed by atoms with Gasteiger partial charge < -0.3 is 0 Å². The topological polar surface area (TPSA) is 54.5 Å². The number of H-pyrrole nitrogens is 1. The third kappa shape index (κ3) is 2.35. The van der Waals surface area contributed by atoms with E-state index in [1.54, 1.807) is 17.5 Å². The maximum absolute atomic E-state index is 4.21. The first kappa shape index (κ1) is 8.37. The fraction of sp³-hybridized carbons (Fsp3) is 0.375. The second-order valence-electron chi connectivity index (χ2n) is 2.79. The van der Waals surface area contributed by atoms with Gasteiger partial charge >= 0.3 is 0 Å². The van der Waals surface area contributed by atoms with E-state index in [2.05, 4.69) is 25.8 Å². The second-order valence-corrected chi connectivity index (χ2v) is 3.51. The van der Waals surface area contributed by atoms with Crippen LogP contribution in [0.1, 0.15) is 17.8 Å². The van der Waals surface area contributed by atoms with Gasteiger partial charge in [0.05, 0.1) is 23.1 Å². The average molecular weight is 194 g/mol. The van der Waals surface area contributed by atoms with Crippen molar-refractivity contribution in [3.8, 4) is 0 Å². The molecule has 2 heterocycles. The fourth-order valence-electron chi connectivity index (χ4n) is 1.16. The first-order chi connectivity index (χ1) is 6.45. The number of aryl methyl sites for hydroxylation is 2. The SMILES string of the molecule is c1nc(CCCc2cn[nH]n2)cs1. The van der Waals surface area contributed by atoms with E-state index >= 15 is 0 Å². The van der Waals surface area contributed by atoms with Crippen LogP contribution in [0.3, 0.4) is 0 Å². The Hall–Kier alpha value is -1.23. The fourth-order valence-corrected chi connectivity index (χ4v) is 1.75. The molecule has 0 aliphatic rings. The third-order valence-corrected chi connectivity index (χ3v) is 2.45. The van der Waals surface area contributed by atoms with Gasteiger partial charge in [-0.25, -0.2) is 4.98 Å². The van der Waals surface area contributed by atoms with Crippen molar-refractivity contribution in [3.05, 3.63) is 28.5 Å². The molecule has 0 saturated heterocycles. The lowest BCUT2D eigenvalue weighted by Crippen LogP contribution is -1.90. The van der Waals surface area contributed by atoms with Gasteiger partial charge in [0.2, 0.25) is 0 Å². The molecule has 0 aliphatic carbocycles.